The van der Waals surface area contributed by atoms with Crippen molar-refractivity contribution in [1.29, 1.82) is 0 Å². The summed E-state index contributed by atoms with van der Waals surface area (Å²) in [5.74, 6) is -3.84. The van der Waals surface area contributed by atoms with Gasteiger partial charge < -0.3 is 14.9 Å². The van der Waals surface area contributed by atoms with Gasteiger partial charge in [-0.05, 0) is 24.5 Å². The Balaban J connectivity index is 0.000000480. The topological polar surface area (TPSA) is 104 Å². The highest BCUT2D eigenvalue weighted by atomic mass is 19.4. The van der Waals surface area contributed by atoms with Crippen molar-refractivity contribution in [2.45, 2.75) is 32.5 Å². The molecule has 0 spiro atoms. The van der Waals surface area contributed by atoms with Gasteiger partial charge in [0, 0.05) is 26.1 Å². The van der Waals surface area contributed by atoms with Gasteiger partial charge in [0.15, 0.2) is 0 Å². The van der Waals surface area contributed by atoms with Crippen LogP contribution in [-0.4, -0.2) is 58.9 Å². The summed E-state index contributed by atoms with van der Waals surface area (Å²) in [5, 5.41) is 16.0. The van der Waals surface area contributed by atoms with E-state index in [1.807, 2.05) is 24.3 Å². The molecule has 0 bridgehead atoms. The molecule has 2 rings (SSSR count). The number of carbonyl (C=O) groups excluding carboxylic acids is 1. The van der Waals surface area contributed by atoms with Crippen LogP contribution in [0.1, 0.15) is 24.5 Å². The zero-order valence-electron chi connectivity index (χ0n) is 15.2. The zero-order valence-corrected chi connectivity index (χ0v) is 15.2. The fraction of sp³-hybridized carbons (Fsp3) is 0.500. The number of benzene rings is 1. The lowest BCUT2D eigenvalue weighted by atomic mass is 9.99. The third kappa shape index (κ3) is 8.38. The second kappa shape index (κ2) is 10.6. The van der Waals surface area contributed by atoms with E-state index in [0.29, 0.717) is 32.5 Å². The summed E-state index contributed by atoms with van der Waals surface area (Å²) in [5.41, 5.74) is 2.28. The molecule has 0 unspecified atom stereocenters. The summed E-state index contributed by atoms with van der Waals surface area (Å²) in [4.78, 5) is 33.0. The number of likely N-dealkylation sites (tertiary alicyclic amines) is 1. The van der Waals surface area contributed by atoms with Crippen LogP contribution in [0.4, 0.5) is 13.2 Å². The molecule has 156 valence electrons. The first-order valence-corrected chi connectivity index (χ1v) is 8.51. The first kappa shape index (κ1) is 23.4. The Hall–Kier alpha value is -2.62. The quantitative estimate of drug-likeness (QED) is 0.671. The van der Waals surface area contributed by atoms with Gasteiger partial charge in [-0.2, -0.15) is 13.2 Å². The van der Waals surface area contributed by atoms with Crippen LogP contribution in [-0.2, 0) is 32.1 Å². The van der Waals surface area contributed by atoms with Crippen LogP contribution in [0, 0.1) is 5.92 Å². The van der Waals surface area contributed by atoms with Gasteiger partial charge in [0.1, 0.15) is 0 Å². The lowest BCUT2D eigenvalue weighted by Crippen LogP contribution is -2.49. The fourth-order valence-electron chi connectivity index (χ4n) is 2.40. The predicted octanol–water partition coefficient (Wildman–Crippen LogP) is 2.33. The number of carboxylic acid groups (broad SMARTS) is 2. The molecule has 10 heteroatoms. The maximum Gasteiger partial charge on any atom is 0.490 e. The highest BCUT2D eigenvalue weighted by Crippen LogP contribution is 2.19. The smallest absolute Gasteiger partial charge is 0.481 e. The summed E-state index contributed by atoms with van der Waals surface area (Å²) >= 11 is 0. The van der Waals surface area contributed by atoms with Crippen LogP contribution in [0.2, 0.25) is 0 Å². The Labute approximate surface area is 159 Å². The van der Waals surface area contributed by atoms with Gasteiger partial charge in [-0.1, -0.05) is 24.3 Å². The molecule has 2 N–H and O–H groups in total. The zero-order chi connectivity index (χ0) is 21.3. The first-order valence-electron chi connectivity index (χ1n) is 8.51. The maximum absolute atomic E-state index is 11.3. The lowest BCUT2D eigenvalue weighted by molar-refractivity contribution is -0.192. The van der Waals surface area contributed by atoms with E-state index in [0.717, 1.165) is 12.1 Å². The third-order valence-corrected chi connectivity index (χ3v) is 3.90. The molecule has 1 aromatic rings. The van der Waals surface area contributed by atoms with Crippen molar-refractivity contribution >= 4 is 17.9 Å². The molecular formula is C18H22F3NO6. The van der Waals surface area contributed by atoms with Gasteiger partial charge >= 0.3 is 24.1 Å². The molecule has 1 aliphatic rings. The number of carbonyl (C=O) groups is 3. The summed E-state index contributed by atoms with van der Waals surface area (Å²) < 4.78 is 36.6. The Kier molecular flexibility index (Phi) is 8.90. The van der Waals surface area contributed by atoms with Crippen molar-refractivity contribution in [3.63, 3.8) is 0 Å². The summed E-state index contributed by atoms with van der Waals surface area (Å²) in [6.07, 6.45) is -4.00. The number of hydrogen-bond acceptors (Lipinski definition) is 5. The van der Waals surface area contributed by atoms with Crippen LogP contribution in [0.15, 0.2) is 24.3 Å². The van der Waals surface area contributed by atoms with Crippen molar-refractivity contribution in [1.82, 2.24) is 4.90 Å². The first-order chi connectivity index (χ1) is 13.0. The van der Waals surface area contributed by atoms with Crippen molar-refractivity contribution in [2.24, 2.45) is 5.92 Å². The second-order valence-corrected chi connectivity index (χ2v) is 6.15. The Morgan fingerprint density at radius 3 is 2.04 bits per heavy atom. The molecule has 1 aromatic carbocycles. The van der Waals surface area contributed by atoms with Gasteiger partial charge in [-0.15, -0.1) is 0 Å². The maximum atomic E-state index is 11.3. The monoisotopic (exact) mass is 405 g/mol. The molecule has 1 aliphatic heterocycles. The molecule has 28 heavy (non-hydrogen) atoms. The van der Waals surface area contributed by atoms with Gasteiger partial charge in [0.2, 0.25) is 0 Å². The molecule has 0 saturated carbocycles. The van der Waals surface area contributed by atoms with Crippen molar-refractivity contribution in [2.75, 3.05) is 19.7 Å². The number of nitrogens with zero attached hydrogens (tertiary/aromatic N) is 1. The molecular weight excluding hydrogens is 383 g/mol. The van der Waals surface area contributed by atoms with Gasteiger partial charge in [-0.3, -0.25) is 14.5 Å². The minimum absolute atomic E-state index is 0.165. The van der Waals surface area contributed by atoms with Crippen LogP contribution in [0.5, 0.6) is 0 Å². The van der Waals surface area contributed by atoms with E-state index in [-0.39, 0.29) is 11.9 Å². The molecule has 0 atom stereocenters. The van der Waals surface area contributed by atoms with Crippen LogP contribution in [0.25, 0.3) is 0 Å². The van der Waals surface area contributed by atoms with E-state index >= 15 is 0 Å². The van der Waals surface area contributed by atoms with Crippen molar-refractivity contribution in [3.05, 3.63) is 35.4 Å². The van der Waals surface area contributed by atoms with Crippen LogP contribution < -0.4 is 0 Å². The van der Waals surface area contributed by atoms with Gasteiger partial charge in [0.25, 0.3) is 0 Å². The summed E-state index contributed by atoms with van der Waals surface area (Å²) in [6.45, 7) is 4.25. The number of esters is 1. The standard InChI is InChI=1S/C16H21NO4.C2HF3O2/c1-2-21-15(18)8-7-12-3-5-13(6-4-12)9-17-10-14(11-17)16(19)20;3-2(4,5)1(6)7/h3-6,14H,2,7-11H2,1H3,(H,19,20);(H,6,7). The Morgan fingerprint density at radius 2 is 1.61 bits per heavy atom. The fourth-order valence-corrected chi connectivity index (χ4v) is 2.40. The van der Waals surface area contributed by atoms with E-state index in [9.17, 15) is 22.8 Å². The van der Waals surface area contributed by atoms with Crippen LogP contribution in [0.3, 0.4) is 0 Å². The molecule has 0 aromatic heterocycles. The number of alkyl halides is 3. The SMILES string of the molecule is CCOC(=O)CCc1ccc(CN2CC(C(=O)O)C2)cc1.O=C(O)C(F)(F)F. The number of hydrogen-bond donors (Lipinski definition) is 2. The highest BCUT2D eigenvalue weighted by Gasteiger charge is 2.38. The van der Waals surface area contributed by atoms with E-state index in [4.69, 9.17) is 19.7 Å². The number of carboxylic acids is 2. The molecule has 7 nitrogen and oxygen atoms in total. The number of ether oxygens (including phenoxy) is 1. The van der Waals surface area contributed by atoms with Crippen molar-refractivity contribution in [3.8, 4) is 0 Å². The number of rotatable bonds is 7. The third-order valence-electron chi connectivity index (χ3n) is 3.90. The normalized spacial score (nSPS) is 14.4. The molecule has 0 amide bonds. The summed E-state index contributed by atoms with van der Waals surface area (Å²) in [7, 11) is 0. The number of aryl methyl sites for hydroxylation is 1. The van der Waals surface area contributed by atoms with Crippen molar-refractivity contribution < 1.29 is 42.5 Å². The van der Waals surface area contributed by atoms with E-state index in [1.54, 1.807) is 6.92 Å². The molecule has 0 aliphatic carbocycles. The van der Waals surface area contributed by atoms with Crippen LogP contribution >= 0.6 is 0 Å². The minimum Gasteiger partial charge on any atom is -0.481 e. The largest absolute Gasteiger partial charge is 0.490 e. The predicted molar refractivity (Wildman–Crippen MR) is 91.5 cm³/mol. The number of halogens is 3. The molecule has 1 fully saturated rings. The Bertz CT molecular complexity index is 669. The van der Waals surface area contributed by atoms with E-state index in [1.165, 1.54) is 5.56 Å². The van der Waals surface area contributed by atoms with E-state index in [2.05, 4.69) is 4.90 Å². The average Bonchev–Trinajstić information content (AvgIpc) is 2.56. The van der Waals surface area contributed by atoms with Gasteiger partial charge in [0.05, 0.1) is 12.5 Å². The molecule has 1 heterocycles. The lowest BCUT2D eigenvalue weighted by Gasteiger charge is -2.36. The second-order valence-electron chi connectivity index (χ2n) is 6.15. The Morgan fingerprint density at radius 1 is 1.11 bits per heavy atom. The van der Waals surface area contributed by atoms with Gasteiger partial charge in [-0.25, -0.2) is 4.79 Å². The average molecular weight is 405 g/mol. The minimum atomic E-state index is -5.08. The summed E-state index contributed by atoms with van der Waals surface area (Å²) in [6, 6.07) is 8.11. The van der Waals surface area contributed by atoms with E-state index < -0.39 is 18.1 Å². The molecule has 1 saturated heterocycles. The highest BCUT2D eigenvalue weighted by molar-refractivity contribution is 5.73. The number of aliphatic carboxylic acids is 2. The molecule has 0 radical (unpaired) electrons.